The van der Waals surface area contributed by atoms with Crippen molar-refractivity contribution in [3.63, 3.8) is 0 Å². The predicted octanol–water partition coefficient (Wildman–Crippen LogP) is 3.25. The van der Waals surface area contributed by atoms with Crippen LogP contribution in [0.1, 0.15) is 25.0 Å². The fraction of sp³-hybridized carbons (Fsp3) is 0.562. The van der Waals surface area contributed by atoms with E-state index < -0.39 is 0 Å². The van der Waals surface area contributed by atoms with Crippen LogP contribution in [-0.2, 0) is 5.41 Å². The normalized spacial score (nSPS) is 16.5. The number of nitrogens with two attached hydrogens (primary N) is 1. The van der Waals surface area contributed by atoms with Crippen molar-refractivity contribution in [2.45, 2.75) is 26.2 Å². The second-order valence-corrected chi connectivity index (χ2v) is 7.20. The van der Waals surface area contributed by atoms with E-state index in [0.717, 1.165) is 31.1 Å². The van der Waals surface area contributed by atoms with E-state index in [4.69, 9.17) is 5.73 Å². The van der Waals surface area contributed by atoms with Gasteiger partial charge < -0.3 is 10.6 Å². The largest absolute Gasteiger partial charge is 0.370 e. The molecule has 1 saturated heterocycles. The highest BCUT2D eigenvalue weighted by molar-refractivity contribution is 14.0. The lowest BCUT2D eigenvalue weighted by Gasteiger charge is -2.29. The van der Waals surface area contributed by atoms with Crippen LogP contribution in [0.3, 0.4) is 0 Å². The topological polar surface area (TPSA) is 41.6 Å². The summed E-state index contributed by atoms with van der Waals surface area (Å²) in [5.74, 6) is 3.00. The highest BCUT2D eigenvalue weighted by atomic mass is 127. The van der Waals surface area contributed by atoms with E-state index in [0.29, 0.717) is 5.96 Å². The number of halogens is 1. The van der Waals surface area contributed by atoms with E-state index in [1.807, 2.05) is 11.8 Å². The molecule has 1 aromatic carbocycles. The summed E-state index contributed by atoms with van der Waals surface area (Å²) in [4.78, 5) is 6.85. The molecule has 1 fully saturated rings. The maximum atomic E-state index is 6.14. The second-order valence-electron chi connectivity index (χ2n) is 5.97. The lowest BCUT2D eigenvalue weighted by Crippen LogP contribution is -2.43. The molecule has 1 aliphatic heterocycles. The zero-order valence-electron chi connectivity index (χ0n) is 13.1. The van der Waals surface area contributed by atoms with Gasteiger partial charge in [0, 0.05) is 30.0 Å². The van der Waals surface area contributed by atoms with Crippen LogP contribution >= 0.6 is 35.7 Å². The van der Waals surface area contributed by atoms with E-state index in [1.165, 1.54) is 11.1 Å². The zero-order valence-corrected chi connectivity index (χ0v) is 16.3. The Morgan fingerprint density at radius 2 is 1.90 bits per heavy atom. The molecule has 0 saturated carbocycles. The summed E-state index contributed by atoms with van der Waals surface area (Å²) in [6.45, 7) is 9.39. The maximum absolute atomic E-state index is 6.14. The molecule has 1 aromatic rings. The van der Waals surface area contributed by atoms with Crippen LogP contribution in [-0.4, -0.2) is 42.0 Å². The maximum Gasteiger partial charge on any atom is 0.191 e. The molecule has 2 N–H and O–H groups in total. The minimum atomic E-state index is 0. The first-order valence-corrected chi connectivity index (χ1v) is 8.35. The number of guanidine groups is 1. The van der Waals surface area contributed by atoms with Gasteiger partial charge in [-0.1, -0.05) is 38.1 Å². The number of hydrogen-bond acceptors (Lipinski definition) is 2. The first-order chi connectivity index (χ1) is 9.50. The summed E-state index contributed by atoms with van der Waals surface area (Å²) in [6, 6.07) is 8.53. The van der Waals surface area contributed by atoms with Gasteiger partial charge in [-0.15, -0.1) is 24.0 Å². The molecule has 3 nitrogen and oxygen atoms in total. The summed E-state index contributed by atoms with van der Waals surface area (Å²) >= 11 is 1.99. The molecule has 5 heteroatoms. The number of aliphatic imine (C=N–C) groups is 1. The van der Waals surface area contributed by atoms with E-state index in [2.05, 4.69) is 54.9 Å². The Labute approximate surface area is 149 Å². The lowest BCUT2D eigenvalue weighted by molar-refractivity contribution is 0.449. The van der Waals surface area contributed by atoms with Crippen LogP contribution in [0.5, 0.6) is 0 Å². The fourth-order valence-electron chi connectivity index (χ4n) is 2.59. The molecule has 0 aliphatic carbocycles. The Bertz CT molecular complexity index is 482. The highest BCUT2D eigenvalue weighted by Crippen LogP contribution is 2.26. The summed E-state index contributed by atoms with van der Waals surface area (Å²) in [6.07, 6.45) is 0. The summed E-state index contributed by atoms with van der Waals surface area (Å²) in [5, 5.41) is 0. The van der Waals surface area contributed by atoms with Gasteiger partial charge in [-0.25, -0.2) is 0 Å². The molecule has 0 atom stereocenters. The molecule has 0 radical (unpaired) electrons. The Balaban J connectivity index is 0.00000220. The van der Waals surface area contributed by atoms with Crippen molar-refractivity contribution in [3.8, 4) is 0 Å². The highest BCUT2D eigenvalue weighted by Gasteiger charge is 2.22. The Morgan fingerprint density at radius 3 is 2.52 bits per heavy atom. The van der Waals surface area contributed by atoms with Crippen LogP contribution in [0.4, 0.5) is 0 Å². The van der Waals surface area contributed by atoms with Crippen molar-refractivity contribution >= 4 is 41.7 Å². The van der Waals surface area contributed by atoms with Crippen LogP contribution in [0.2, 0.25) is 0 Å². The van der Waals surface area contributed by atoms with Crippen molar-refractivity contribution in [1.29, 1.82) is 0 Å². The van der Waals surface area contributed by atoms with Gasteiger partial charge >= 0.3 is 0 Å². The molecule has 0 spiro atoms. The summed E-state index contributed by atoms with van der Waals surface area (Å²) < 4.78 is 0. The third-order valence-electron chi connectivity index (χ3n) is 3.85. The number of rotatable bonds is 3. The van der Waals surface area contributed by atoms with Gasteiger partial charge in [0.05, 0.1) is 6.54 Å². The third-order valence-corrected chi connectivity index (χ3v) is 4.79. The number of aryl methyl sites for hydroxylation is 1. The van der Waals surface area contributed by atoms with Crippen molar-refractivity contribution in [1.82, 2.24) is 4.90 Å². The SMILES string of the molecule is Cc1ccccc1C(C)(C)CN=C(N)N1CCSCC1.I. The molecule has 0 unspecified atom stereocenters. The van der Waals surface area contributed by atoms with Gasteiger partial charge in [0.1, 0.15) is 0 Å². The standard InChI is InChI=1S/C16H25N3S.HI/c1-13-6-4-5-7-14(13)16(2,3)12-18-15(17)19-8-10-20-11-9-19;/h4-7H,8-12H2,1-3H3,(H2,17,18);1H. The second kappa shape index (κ2) is 8.27. The predicted molar refractivity (Wildman–Crippen MR) is 105 cm³/mol. The first kappa shape index (κ1) is 18.6. The zero-order chi connectivity index (χ0) is 14.6. The van der Waals surface area contributed by atoms with Crippen molar-refractivity contribution in [2.24, 2.45) is 10.7 Å². The Kier molecular flexibility index (Phi) is 7.33. The van der Waals surface area contributed by atoms with Crippen LogP contribution in [0.15, 0.2) is 29.3 Å². The third kappa shape index (κ3) is 5.06. The molecule has 118 valence electrons. The molecular formula is C16H26IN3S. The van der Waals surface area contributed by atoms with Crippen LogP contribution in [0, 0.1) is 6.92 Å². The molecule has 1 aliphatic rings. The Hall–Kier alpha value is -0.430. The van der Waals surface area contributed by atoms with E-state index in [9.17, 15) is 0 Å². The van der Waals surface area contributed by atoms with Crippen LogP contribution < -0.4 is 5.73 Å². The van der Waals surface area contributed by atoms with E-state index in [1.54, 1.807) is 0 Å². The van der Waals surface area contributed by atoms with E-state index in [-0.39, 0.29) is 29.4 Å². The first-order valence-electron chi connectivity index (χ1n) is 7.19. The quantitative estimate of drug-likeness (QED) is 0.465. The monoisotopic (exact) mass is 419 g/mol. The van der Waals surface area contributed by atoms with Crippen LogP contribution in [0.25, 0.3) is 0 Å². The lowest BCUT2D eigenvalue weighted by atomic mass is 9.82. The molecule has 0 bridgehead atoms. The van der Waals surface area contributed by atoms with Gasteiger partial charge in [-0.3, -0.25) is 4.99 Å². The van der Waals surface area contributed by atoms with Gasteiger partial charge in [-0.2, -0.15) is 11.8 Å². The molecule has 21 heavy (non-hydrogen) atoms. The Morgan fingerprint density at radius 1 is 1.29 bits per heavy atom. The molecule has 2 rings (SSSR count). The molecule has 1 heterocycles. The van der Waals surface area contributed by atoms with E-state index >= 15 is 0 Å². The number of benzene rings is 1. The summed E-state index contributed by atoms with van der Waals surface area (Å²) in [7, 11) is 0. The van der Waals surface area contributed by atoms with Gasteiger partial charge in [0.2, 0.25) is 0 Å². The van der Waals surface area contributed by atoms with Crippen molar-refractivity contribution in [2.75, 3.05) is 31.1 Å². The number of hydrogen-bond donors (Lipinski definition) is 1. The average molecular weight is 419 g/mol. The number of nitrogens with zero attached hydrogens (tertiary/aromatic N) is 2. The fourth-order valence-corrected chi connectivity index (χ4v) is 3.49. The minimum absolute atomic E-state index is 0. The van der Waals surface area contributed by atoms with Crippen molar-refractivity contribution < 1.29 is 0 Å². The molecule has 0 aromatic heterocycles. The van der Waals surface area contributed by atoms with Gasteiger partial charge in [0.25, 0.3) is 0 Å². The molecular weight excluding hydrogens is 393 g/mol. The molecule has 0 amide bonds. The minimum Gasteiger partial charge on any atom is -0.370 e. The summed E-state index contributed by atoms with van der Waals surface area (Å²) in [5.41, 5.74) is 8.83. The number of thioether (sulfide) groups is 1. The average Bonchev–Trinajstić information content (AvgIpc) is 2.46. The van der Waals surface area contributed by atoms with Gasteiger partial charge in [0.15, 0.2) is 5.96 Å². The van der Waals surface area contributed by atoms with Gasteiger partial charge in [-0.05, 0) is 18.1 Å². The van der Waals surface area contributed by atoms with Crippen molar-refractivity contribution in [3.05, 3.63) is 35.4 Å². The smallest absolute Gasteiger partial charge is 0.191 e.